The van der Waals surface area contributed by atoms with Crippen molar-refractivity contribution in [3.8, 4) is 0 Å². The molecular formula is C11H22N2S. The summed E-state index contributed by atoms with van der Waals surface area (Å²) >= 11 is 2.11. The van der Waals surface area contributed by atoms with Gasteiger partial charge in [-0.05, 0) is 37.6 Å². The Kier molecular flexibility index (Phi) is 3.40. The highest BCUT2D eigenvalue weighted by molar-refractivity contribution is 7.99. The molecule has 0 saturated carbocycles. The van der Waals surface area contributed by atoms with E-state index in [0.29, 0.717) is 5.41 Å². The zero-order valence-corrected chi connectivity index (χ0v) is 10.2. The first kappa shape index (κ1) is 10.8. The van der Waals surface area contributed by atoms with Crippen LogP contribution in [0, 0.1) is 5.41 Å². The lowest BCUT2D eigenvalue weighted by molar-refractivity contribution is 0.171. The van der Waals surface area contributed by atoms with Gasteiger partial charge in [-0.1, -0.05) is 6.92 Å². The highest BCUT2D eigenvalue weighted by atomic mass is 32.2. The molecule has 2 heterocycles. The van der Waals surface area contributed by atoms with Crippen LogP contribution in [0.5, 0.6) is 0 Å². The maximum Gasteiger partial charge on any atom is 0.0191 e. The van der Waals surface area contributed by atoms with Gasteiger partial charge in [0, 0.05) is 24.9 Å². The molecule has 0 spiro atoms. The average molecular weight is 214 g/mol. The predicted octanol–water partition coefficient (Wildman–Crippen LogP) is 1.42. The van der Waals surface area contributed by atoms with E-state index in [1.165, 1.54) is 44.0 Å². The largest absolute Gasteiger partial charge is 0.316 e. The lowest BCUT2D eigenvalue weighted by Gasteiger charge is -2.32. The zero-order valence-electron chi connectivity index (χ0n) is 9.38. The van der Waals surface area contributed by atoms with Crippen molar-refractivity contribution >= 4 is 11.8 Å². The molecule has 2 nitrogen and oxygen atoms in total. The van der Waals surface area contributed by atoms with E-state index in [1.54, 1.807) is 0 Å². The van der Waals surface area contributed by atoms with E-state index in [0.717, 1.165) is 6.04 Å². The Labute approximate surface area is 91.8 Å². The summed E-state index contributed by atoms with van der Waals surface area (Å²) in [5.74, 6) is 2.71. The highest BCUT2D eigenvalue weighted by Crippen LogP contribution is 2.28. The third-order valence-corrected chi connectivity index (χ3v) is 4.76. The third-order valence-electron chi connectivity index (χ3n) is 3.62. The number of thioether (sulfide) groups is 1. The van der Waals surface area contributed by atoms with E-state index in [1.807, 2.05) is 0 Å². The number of nitrogens with one attached hydrogen (secondary N) is 1. The van der Waals surface area contributed by atoms with Gasteiger partial charge in [-0.3, -0.25) is 0 Å². The van der Waals surface area contributed by atoms with E-state index in [4.69, 9.17) is 0 Å². The van der Waals surface area contributed by atoms with Gasteiger partial charge in [0.25, 0.3) is 0 Å². The molecule has 0 radical (unpaired) electrons. The third kappa shape index (κ3) is 2.44. The minimum atomic E-state index is 0.530. The van der Waals surface area contributed by atoms with Crippen LogP contribution >= 0.6 is 11.8 Å². The van der Waals surface area contributed by atoms with Crippen molar-refractivity contribution in [2.24, 2.45) is 5.41 Å². The molecule has 0 aromatic carbocycles. The summed E-state index contributed by atoms with van der Waals surface area (Å²) in [6.07, 6.45) is 2.74. The van der Waals surface area contributed by atoms with E-state index < -0.39 is 0 Å². The van der Waals surface area contributed by atoms with Crippen LogP contribution in [-0.4, -0.2) is 49.1 Å². The Morgan fingerprint density at radius 3 is 3.00 bits per heavy atom. The van der Waals surface area contributed by atoms with Gasteiger partial charge in [0.05, 0.1) is 0 Å². The van der Waals surface area contributed by atoms with Crippen LogP contribution in [0.25, 0.3) is 0 Å². The second-order valence-corrected chi connectivity index (χ2v) is 6.32. The lowest BCUT2D eigenvalue weighted by atomic mass is 9.89. The number of hydrogen-bond donors (Lipinski definition) is 1. The molecule has 3 heteroatoms. The first-order valence-electron chi connectivity index (χ1n) is 5.68. The Bertz CT molecular complexity index is 184. The van der Waals surface area contributed by atoms with Crippen LogP contribution in [0.4, 0.5) is 0 Å². The Hall–Kier alpha value is 0.270. The molecule has 0 amide bonds. The summed E-state index contributed by atoms with van der Waals surface area (Å²) in [6, 6.07) is 0.845. The van der Waals surface area contributed by atoms with Crippen LogP contribution in [0.15, 0.2) is 0 Å². The maximum absolute atomic E-state index is 3.48. The van der Waals surface area contributed by atoms with Gasteiger partial charge >= 0.3 is 0 Å². The zero-order chi connectivity index (χ0) is 10.0. The van der Waals surface area contributed by atoms with Crippen LogP contribution in [0.2, 0.25) is 0 Å². The van der Waals surface area contributed by atoms with Crippen molar-refractivity contribution in [1.82, 2.24) is 10.2 Å². The molecule has 2 aliphatic heterocycles. The molecule has 0 aromatic heterocycles. The fraction of sp³-hybridized carbons (Fsp3) is 1.00. The first-order chi connectivity index (χ1) is 6.70. The Morgan fingerprint density at radius 1 is 1.57 bits per heavy atom. The standard InChI is InChI=1S/C11H22N2S/c1-11(4-5-12-8-11)9-13(2)10-3-6-14-7-10/h10,12H,3-9H2,1-2H3. The van der Waals surface area contributed by atoms with Gasteiger partial charge in [0.2, 0.25) is 0 Å². The van der Waals surface area contributed by atoms with Gasteiger partial charge in [-0.15, -0.1) is 0 Å². The van der Waals surface area contributed by atoms with E-state index in [9.17, 15) is 0 Å². The maximum atomic E-state index is 3.48. The average Bonchev–Trinajstić information content (AvgIpc) is 2.74. The number of rotatable bonds is 3. The summed E-state index contributed by atoms with van der Waals surface area (Å²) in [7, 11) is 2.31. The summed E-state index contributed by atoms with van der Waals surface area (Å²) in [6.45, 7) is 6.11. The molecule has 0 bridgehead atoms. The molecule has 2 aliphatic rings. The molecule has 2 unspecified atom stereocenters. The van der Waals surface area contributed by atoms with Crippen molar-refractivity contribution < 1.29 is 0 Å². The molecular weight excluding hydrogens is 192 g/mol. The number of hydrogen-bond acceptors (Lipinski definition) is 3. The minimum Gasteiger partial charge on any atom is -0.316 e. The topological polar surface area (TPSA) is 15.3 Å². The van der Waals surface area contributed by atoms with Crippen molar-refractivity contribution in [2.75, 3.05) is 38.2 Å². The molecule has 2 saturated heterocycles. The molecule has 82 valence electrons. The Morgan fingerprint density at radius 2 is 2.43 bits per heavy atom. The second kappa shape index (κ2) is 4.42. The Balaban J connectivity index is 1.83. The molecule has 2 rings (SSSR count). The van der Waals surface area contributed by atoms with Crippen LogP contribution < -0.4 is 5.32 Å². The quantitative estimate of drug-likeness (QED) is 0.765. The van der Waals surface area contributed by atoms with E-state index >= 15 is 0 Å². The van der Waals surface area contributed by atoms with Gasteiger partial charge < -0.3 is 10.2 Å². The van der Waals surface area contributed by atoms with Crippen molar-refractivity contribution in [3.63, 3.8) is 0 Å². The monoisotopic (exact) mass is 214 g/mol. The van der Waals surface area contributed by atoms with Crippen LogP contribution in [0.3, 0.4) is 0 Å². The number of nitrogens with zero attached hydrogens (tertiary/aromatic N) is 1. The molecule has 2 atom stereocenters. The second-order valence-electron chi connectivity index (χ2n) is 5.17. The summed E-state index contributed by atoms with van der Waals surface area (Å²) in [5.41, 5.74) is 0.530. The molecule has 0 aromatic rings. The smallest absolute Gasteiger partial charge is 0.0191 e. The predicted molar refractivity (Wildman–Crippen MR) is 64.0 cm³/mol. The van der Waals surface area contributed by atoms with Crippen molar-refractivity contribution in [1.29, 1.82) is 0 Å². The molecule has 0 aliphatic carbocycles. The van der Waals surface area contributed by atoms with Gasteiger partial charge in [-0.2, -0.15) is 11.8 Å². The summed E-state index contributed by atoms with van der Waals surface area (Å²) in [5, 5.41) is 3.48. The highest BCUT2D eigenvalue weighted by Gasteiger charge is 2.32. The normalized spacial score (nSPS) is 38.4. The van der Waals surface area contributed by atoms with Crippen molar-refractivity contribution in [3.05, 3.63) is 0 Å². The van der Waals surface area contributed by atoms with Crippen LogP contribution in [-0.2, 0) is 0 Å². The van der Waals surface area contributed by atoms with Gasteiger partial charge in [0.1, 0.15) is 0 Å². The fourth-order valence-electron chi connectivity index (χ4n) is 2.60. The van der Waals surface area contributed by atoms with Crippen molar-refractivity contribution in [2.45, 2.75) is 25.8 Å². The minimum absolute atomic E-state index is 0.530. The summed E-state index contributed by atoms with van der Waals surface area (Å²) < 4.78 is 0. The first-order valence-corrected chi connectivity index (χ1v) is 6.84. The van der Waals surface area contributed by atoms with E-state index in [-0.39, 0.29) is 0 Å². The van der Waals surface area contributed by atoms with E-state index in [2.05, 4.69) is 35.9 Å². The molecule has 2 fully saturated rings. The summed E-state index contributed by atoms with van der Waals surface area (Å²) in [4.78, 5) is 2.59. The van der Waals surface area contributed by atoms with Gasteiger partial charge in [-0.25, -0.2) is 0 Å². The fourth-order valence-corrected chi connectivity index (χ4v) is 3.90. The van der Waals surface area contributed by atoms with Gasteiger partial charge in [0.15, 0.2) is 0 Å². The molecule has 14 heavy (non-hydrogen) atoms. The van der Waals surface area contributed by atoms with Crippen LogP contribution in [0.1, 0.15) is 19.8 Å². The molecule has 1 N–H and O–H groups in total. The lowest BCUT2D eigenvalue weighted by Crippen LogP contribution is -2.41. The SMILES string of the molecule is CN(CC1(C)CCNC1)C1CCSC1.